The molecule has 2 rings (SSSR count). The summed E-state index contributed by atoms with van der Waals surface area (Å²) in [6.07, 6.45) is 2.70. The van der Waals surface area contributed by atoms with Crippen LogP contribution in [-0.2, 0) is 0 Å². The molecule has 0 fully saturated rings. The number of halogens is 2. The fourth-order valence-electron chi connectivity index (χ4n) is 1.59. The number of nitrogens with zero attached hydrogens (tertiary/aromatic N) is 1. The molecule has 0 aliphatic carbocycles. The zero-order valence-corrected chi connectivity index (χ0v) is 11.7. The molecular weight excluding hydrogens is 321 g/mol. The quantitative estimate of drug-likeness (QED) is 0.666. The van der Waals surface area contributed by atoms with E-state index in [4.69, 9.17) is 23.2 Å². The number of hydrogen-bond donors (Lipinski definition) is 2. The summed E-state index contributed by atoms with van der Waals surface area (Å²) in [5, 5.41) is 11.5. The molecule has 2 aromatic rings. The molecule has 1 aromatic heterocycles. The summed E-state index contributed by atoms with van der Waals surface area (Å²) in [7, 11) is 0. The van der Waals surface area contributed by atoms with Gasteiger partial charge < -0.3 is 4.98 Å². The predicted molar refractivity (Wildman–Crippen MR) is 79.7 cm³/mol. The van der Waals surface area contributed by atoms with Crippen molar-refractivity contribution >= 4 is 41.0 Å². The van der Waals surface area contributed by atoms with E-state index in [1.54, 1.807) is 17.1 Å². The van der Waals surface area contributed by atoms with Crippen LogP contribution < -0.4 is 11.2 Å². The Kier molecular flexibility index (Phi) is 4.25. The van der Waals surface area contributed by atoms with Gasteiger partial charge in [-0.05, 0) is 23.8 Å². The van der Waals surface area contributed by atoms with E-state index in [9.17, 15) is 19.7 Å². The van der Waals surface area contributed by atoms with Crippen molar-refractivity contribution in [2.45, 2.75) is 0 Å². The van der Waals surface area contributed by atoms with E-state index in [0.29, 0.717) is 15.6 Å². The van der Waals surface area contributed by atoms with E-state index >= 15 is 0 Å². The predicted octanol–water partition coefficient (Wildman–Crippen LogP) is 2.45. The number of aromatic nitrogens is 2. The van der Waals surface area contributed by atoms with E-state index in [1.165, 1.54) is 18.2 Å². The Labute approximate surface area is 127 Å². The topological polar surface area (TPSA) is 109 Å². The van der Waals surface area contributed by atoms with Gasteiger partial charge in [-0.15, -0.1) is 0 Å². The lowest BCUT2D eigenvalue weighted by molar-refractivity contribution is -0.386. The van der Waals surface area contributed by atoms with Crippen LogP contribution in [0, 0.1) is 10.1 Å². The Balaban J connectivity index is 2.50. The number of nitro groups is 1. The van der Waals surface area contributed by atoms with Crippen LogP contribution >= 0.6 is 23.2 Å². The van der Waals surface area contributed by atoms with Gasteiger partial charge in [0, 0.05) is 0 Å². The molecule has 0 bridgehead atoms. The highest BCUT2D eigenvalue weighted by atomic mass is 35.5. The van der Waals surface area contributed by atoms with Gasteiger partial charge in [0.1, 0.15) is 5.69 Å². The summed E-state index contributed by atoms with van der Waals surface area (Å²) in [4.78, 5) is 36.6. The Morgan fingerprint density at radius 1 is 1.10 bits per heavy atom. The first-order chi connectivity index (χ1) is 9.88. The molecule has 0 aliphatic rings. The Bertz CT molecular complexity index is 854. The minimum absolute atomic E-state index is 0.208. The number of hydrogen-bond acceptors (Lipinski definition) is 4. The largest absolute Gasteiger partial charge is 0.357 e. The first kappa shape index (κ1) is 15.0. The van der Waals surface area contributed by atoms with Gasteiger partial charge in [-0.3, -0.25) is 19.9 Å². The standard InChI is InChI=1S/C12H7Cl2N3O4/c13-7-3-1-6(5-8(7)14)2-4-9-10(17(20)21)11(18)16-12(19)15-9/h1-5H,(H2,15,16,18,19). The van der Waals surface area contributed by atoms with Crippen molar-refractivity contribution < 1.29 is 4.92 Å². The number of benzene rings is 1. The van der Waals surface area contributed by atoms with Crippen molar-refractivity contribution in [1.29, 1.82) is 0 Å². The van der Waals surface area contributed by atoms with Gasteiger partial charge in [0.2, 0.25) is 0 Å². The lowest BCUT2D eigenvalue weighted by Gasteiger charge is -1.98. The van der Waals surface area contributed by atoms with Crippen LogP contribution in [0.2, 0.25) is 10.0 Å². The molecule has 0 saturated carbocycles. The van der Waals surface area contributed by atoms with E-state index in [1.807, 2.05) is 0 Å². The van der Waals surface area contributed by atoms with Crippen LogP contribution in [0.5, 0.6) is 0 Å². The van der Waals surface area contributed by atoms with Crippen molar-refractivity contribution in [1.82, 2.24) is 9.97 Å². The highest BCUT2D eigenvalue weighted by Crippen LogP contribution is 2.23. The number of H-pyrrole nitrogens is 2. The van der Waals surface area contributed by atoms with Gasteiger partial charge in [-0.1, -0.05) is 35.3 Å². The summed E-state index contributed by atoms with van der Waals surface area (Å²) in [5.41, 5.74) is -2.26. The molecule has 0 unspecified atom stereocenters. The first-order valence-electron chi connectivity index (χ1n) is 5.52. The van der Waals surface area contributed by atoms with Crippen LogP contribution in [-0.4, -0.2) is 14.9 Å². The summed E-state index contributed by atoms with van der Waals surface area (Å²) in [6, 6.07) is 4.72. The summed E-state index contributed by atoms with van der Waals surface area (Å²) in [5.74, 6) is 0. The van der Waals surface area contributed by atoms with Crippen molar-refractivity contribution in [3.8, 4) is 0 Å². The second kappa shape index (κ2) is 5.94. The molecule has 0 radical (unpaired) electrons. The molecule has 9 heteroatoms. The third-order valence-electron chi connectivity index (χ3n) is 2.51. The third-order valence-corrected chi connectivity index (χ3v) is 3.25. The van der Waals surface area contributed by atoms with E-state index in [2.05, 4.69) is 4.98 Å². The number of rotatable bonds is 3. The highest BCUT2D eigenvalue weighted by Gasteiger charge is 2.18. The molecule has 21 heavy (non-hydrogen) atoms. The lowest BCUT2D eigenvalue weighted by Crippen LogP contribution is -2.25. The maximum atomic E-state index is 11.4. The maximum absolute atomic E-state index is 11.4. The fourth-order valence-corrected chi connectivity index (χ4v) is 1.90. The van der Waals surface area contributed by atoms with Crippen molar-refractivity contribution in [2.24, 2.45) is 0 Å². The lowest BCUT2D eigenvalue weighted by atomic mass is 10.2. The Morgan fingerprint density at radius 2 is 1.81 bits per heavy atom. The second-order valence-electron chi connectivity index (χ2n) is 3.93. The maximum Gasteiger partial charge on any atom is 0.357 e. The van der Waals surface area contributed by atoms with Crippen LogP contribution in [0.4, 0.5) is 5.69 Å². The molecule has 1 heterocycles. The number of nitrogens with one attached hydrogen (secondary N) is 2. The van der Waals surface area contributed by atoms with E-state index in [0.717, 1.165) is 0 Å². The zero-order valence-electron chi connectivity index (χ0n) is 10.2. The first-order valence-corrected chi connectivity index (χ1v) is 6.28. The van der Waals surface area contributed by atoms with Crippen molar-refractivity contribution in [2.75, 3.05) is 0 Å². The molecular formula is C12H7Cl2N3O4. The second-order valence-corrected chi connectivity index (χ2v) is 4.75. The van der Waals surface area contributed by atoms with Gasteiger partial charge in [0.05, 0.1) is 15.0 Å². The van der Waals surface area contributed by atoms with Crippen molar-refractivity contribution in [3.05, 3.63) is 70.5 Å². The fraction of sp³-hybridized carbons (Fsp3) is 0. The molecule has 0 aliphatic heterocycles. The van der Waals surface area contributed by atoms with Gasteiger partial charge in [0.25, 0.3) is 0 Å². The molecule has 108 valence electrons. The molecule has 2 N–H and O–H groups in total. The van der Waals surface area contributed by atoms with Crippen LogP contribution in [0.1, 0.15) is 11.3 Å². The Morgan fingerprint density at radius 3 is 2.43 bits per heavy atom. The molecule has 7 nitrogen and oxygen atoms in total. The number of aromatic amines is 2. The summed E-state index contributed by atoms with van der Waals surface area (Å²) < 4.78 is 0. The molecule has 1 aromatic carbocycles. The molecule has 0 atom stereocenters. The minimum atomic E-state index is -1.07. The average Bonchev–Trinajstić information content (AvgIpc) is 2.38. The normalized spacial score (nSPS) is 11.0. The van der Waals surface area contributed by atoms with Gasteiger partial charge in [-0.2, -0.15) is 0 Å². The Hall–Kier alpha value is -2.38. The van der Waals surface area contributed by atoms with Gasteiger partial charge in [-0.25, -0.2) is 4.79 Å². The van der Waals surface area contributed by atoms with Crippen LogP contribution in [0.15, 0.2) is 27.8 Å². The average molecular weight is 328 g/mol. The summed E-state index contributed by atoms with van der Waals surface area (Å²) >= 11 is 11.6. The molecule has 0 spiro atoms. The monoisotopic (exact) mass is 327 g/mol. The minimum Gasteiger partial charge on any atom is -0.301 e. The van der Waals surface area contributed by atoms with Crippen LogP contribution in [0.25, 0.3) is 12.2 Å². The third kappa shape index (κ3) is 3.39. The SMILES string of the molecule is O=c1[nH]c(C=Cc2ccc(Cl)c(Cl)c2)c([N+](=O)[O-])c(=O)[nH]1. The van der Waals surface area contributed by atoms with Gasteiger partial charge >= 0.3 is 16.9 Å². The molecule has 0 amide bonds. The van der Waals surface area contributed by atoms with E-state index in [-0.39, 0.29) is 5.69 Å². The summed E-state index contributed by atoms with van der Waals surface area (Å²) in [6.45, 7) is 0. The molecule has 0 saturated heterocycles. The van der Waals surface area contributed by atoms with Crippen molar-refractivity contribution in [3.63, 3.8) is 0 Å². The van der Waals surface area contributed by atoms with Gasteiger partial charge in [0.15, 0.2) is 0 Å². The van der Waals surface area contributed by atoms with Crippen LogP contribution in [0.3, 0.4) is 0 Å². The highest BCUT2D eigenvalue weighted by molar-refractivity contribution is 6.42. The zero-order chi connectivity index (χ0) is 15.6. The smallest absolute Gasteiger partial charge is 0.301 e. The van der Waals surface area contributed by atoms with E-state index < -0.39 is 21.9 Å².